The smallest absolute Gasteiger partial charge is 0.280 e. The van der Waals surface area contributed by atoms with Crippen molar-refractivity contribution in [2.75, 3.05) is 68.3 Å². The normalized spacial score (nSPS) is 12.5. The molecule has 5 N–H and O–H groups in total. The summed E-state index contributed by atoms with van der Waals surface area (Å²) in [5.41, 5.74) is 5.54. The minimum atomic E-state index is -0.368. The number of hydrogen-bond acceptors (Lipinski definition) is 10. The van der Waals surface area contributed by atoms with Crippen LogP contribution in [0, 0.1) is 6.92 Å². The lowest BCUT2D eigenvalue weighted by molar-refractivity contribution is 0.101. The molecule has 0 unspecified atom stereocenters. The van der Waals surface area contributed by atoms with Gasteiger partial charge in [0.05, 0.1) is 22.5 Å². The highest BCUT2D eigenvalue weighted by atomic mass is 16.3. The summed E-state index contributed by atoms with van der Waals surface area (Å²) < 4.78 is 0. The Balaban J connectivity index is 1.25. The second-order valence-corrected chi connectivity index (χ2v) is 12.2. The second kappa shape index (κ2) is 17.0. The van der Waals surface area contributed by atoms with Gasteiger partial charge in [0.1, 0.15) is 0 Å². The number of fused-ring (bicyclic) bond motifs is 1. The summed E-state index contributed by atoms with van der Waals surface area (Å²) in [4.78, 5) is 39.1. The van der Waals surface area contributed by atoms with Crippen LogP contribution in [-0.2, 0) is 6.54 Å². The molecule has 0 saturated carbocycles. The first-order valence-electron chi connectivity index (χ1n) is 17.5. The monoisotopic (exact) mass is 666 g/mol. The van der Waals surface area contributed by atoms with E-state index in [-0.39, 0.29) is 11.8 Å². The molecule has 2 aromatic carbocycles. The highest BCUT2D eigenvalue weighted by Gasteiger charge is 2.33. The standard InChI is InChI=1S/C37H50N10O2/c1-6-46(7-2)22-10-20-38-35-43-36(39-21-11-23-47(8-3)9-4)45-37(44-35)40-24-26-14-18-28(19-15-26)32-30-29(33(48)42-32)31(41-34(30)49)27-16-12-25(5)13-17-27/h12-19,42,48H,6-11,20-24H2,1-5H3,(H3,38,39,40,43,44,45). The molecule has 0 aliphatic carbocycles. The number of rotatable bonds is 19. The van der Waals surface area contributed by atoms with Crippen LogP contribution in [0.3, 0.4) is 0 Å². The van der Waals surface area contributed by atoms with E-state index in [1.165, 1.54) is 0 Å². The van der Waals surface area contributed by atoms with E-state index in [2.05, 4.69) is 78.4 Å². The van der Waals surface area contributed by atoms with E-state index >= 15 is 0 Å². The number of aryl methyl sites for hydroxylation is 1. The van der Waals surface area contributed by atoms with Crippen molar-refractivity contribution in [2.45, 2.75) is 54.0 Å². The van der Waals surface area contributed by atoms with Crippen molar-refractivity contribution in [3.63, 3.8) is 0 Å². The quantitative estimate of drug-likeness (QED) is 0.0782. The van der Waals surface area contributed by atoms with Crippen molar-refractivity contribution >= 4 is 29.5 Å². The number of aliphatic imine (C=N–C) groups is 1. The Kier molecular flexibility index (Phi) is 12.3. The molecule has 1 aliphatic heterocycles. The molecule has 12 heteroatoms. The number of nitrogens with zero attached hydrogens (tertiary/aromatic N) is 6. The van der Waals surface area contributed by atoms with Crippen molar-refractivity contribution in [1.29, 1.82) is 0 Å². The second-order valence-electron chi connectivity index (χ2n) is 12.2. The van der Waals surface area contributed by atoms with Gasteiger partial charge in [-0.15, -0.1) is 0 Å². The molecule has 49 heavy (non-hydrogen) atoms. The maximum absolute atomic E-state index is 13.0. The summed E-state index contributed by atoms with van der Waals surface area (Å²) in [5, 5.41) is 20.9. The van der Waals surface area contributed by atoms with Crippen molar-refractivity contribution in [1.82, 2.24) is 29.7 Å². The fraction of sp³-hybridized carbons (Fsp3) is 0.432. The molecule has 3 heterocycles. The van der Waals surface area contributed by atoms with Gasteiger partial charge >= 0.3 is 0 Å². The van der Waals surface area contributed by atoms with Gasteiger partial charge in [-0.05, 0) is 70.2 Å². The van der Waals surface area contributed by atoms with Crippen LogP contribution >= 0.6 is 0 Å². The molecule has 1 amide bonds. The Labute approximate surface area is 289 Å². The average molecular weight is 667 g/mol. The topological polar surface area (TPSA) is 147 Å². The number of aromatic amines is 1. The summed E-state index contributed by atoms with van der Waals surface area (Å²) in [5.74, 6) is 1.13. The van der Waals surface area contributed by atoms with Crippen LogP contribution in [0.4, 0.5) is 17.8 Å². The molecule has 0 atom stereocenters. The zero-order valence-corrected chi connectivity index (χ0v) is 29.4. The number of carbonyl (C=O) groups excluding carboxylic acids is 1. The first-order valence-corrected chi connectivity index (χ1v) is 17.5. The largest absolute Gasteiger partial charge is 0.494 e. The number of amides is 1. The number of anilines is 3. The molecule has 5 rings (SSSR count). The van der Waals surface area contributed by atoms with E-state index in [0.717, 1.165) is 87.5 Å². The van der Waals surface area contributed by atoms with E-state index in [9.17, 15) is 9.90 Å². The zero-order chi connectivity index (χ0) is 34.8. The van der Waals surface area contributed by atoms with Crippen LogP contribution in [0.5, 0.6) is 5.88 Å². The van der Waals surface area contributed by atoms with Gasteiger partial charge in [0, 0.05) is 25.2 Å². The number of hydrogen-bond donors (Lipinski definition) is 5. The van der Waals surface area contributed by atoms with Gasteiger partial charge in [-0.25, -0.2) is 4.99 Å². The van der Waals surface area contributed by atoms with E-state index in [1.807, 2.05) is 55.5 Å². The van der Waals surface area contributed by atoms with Gasteiger partial charge in [-0.3, -0.25) is 4.79 Å². The van der Waals surface area contributed by atoms with E-state index in [0.29, 0.717) is 46.9 Å². The Morgan fingerprint density at radius 2 is 1.20 bits per heavy atom. The Morgan fingerprint density at radius 1 is 0.694 bits per heavy atom. The molecule has 12 nitrogen and oxygen atoms in total. The minimum Gasteiger partial charge on any atom is -0.494 e. The van der Waals surface area contributed by atoms with Crippen LogP contribution in [-0.4, -0.2) is 98.8 Å². The number of benzene rings is 2. The predicted molar refractivity (Wildman–Crippen MR) is 198 cm³/mol. The summed E-state index contributed by atoms with van der Waals surface area (Å²) in [6.45, 7) is 18.9. The summed E-state index contributed by atoms with van der Waals surface area (Å²) in [6, 6.07) is 15.6. The minimum absolute atomic E-state index is 0.0642. The maximum atomic E-state index is 13.0. The van der Waals surface area contributed by atoms with Crippen molar-refractivity contribution in [3.8, 4) is 17.1 Å². The Hall–Kier alpha value is -4.81. The third-order valence-electron chi connectivity index (χ3n) is 8.96. The van der Waals surface area contributed by atoms with Crippen LogP contribution in [0.1, 0.15) is 73.1 Å². The average Bonchev–Trinajstić information content (AvgIpc) is 3.65. The summed E-state index contributed by atoms with van der Waals surface area (Å²) >= 11 is 0. The van der Waals surface area contributed by atoms with Gasteiger partial charge in [-0.2, -0.15) is 15.0 Å². The van der Waals surface area contributed by atoms with Crippen LogP contribution in [0.2, 0.25) is 0 Å². The lowest BCUT2D eigenvalue weighted by Crippen LogP contribution is -2.26. The van der Waals surface area contributed by atoms with Crippen molar-refractivity contribution < 1.29 is 9.90 Å². The molecule has 0 saturated heterocycles. The highest BCUT2D eigenvalue weighted by Crippen LogP contribution is 2.38. The van der Waals surface area contributed by atoms with E-state index in [1.54, 1.807) is 0 Å². The fourth-order valence-corrected chi connectivity index (χ4v) is 5.95. The Bertz CT molecular complexity index is 1670. The molecule has 0 spiro atoms. The van der Waals surface area contributed by atoms with Gasteiger partial charge in [0.15, 0.2) is 5.88 Å². The molecule has 0 bridgehead atoms. The Morgan fingerprint density at radius 3 is 1.73 bits per heavy atom. The van der Waals surface area contributed by atoms with Crippen molar-refractivity contribution in [3.05, 3.63) is 76.3 Å². The van der Waals surface area contributed by atoms with Gasteiger partial charge in [-0.1, -0.05) is 81.8 Å². The summed E-state index contributed by atoms with van der Waals surface area (Å²) in [6.07, 6.45) is 1.98. The van der Waals surface area contributed by atoms with Gasteiger partial charge < -0.3 is 35.8 Å². The predicted octanol–water partition coefficient (Wildman–Crippen LogP) is 5.77. The fourth-order valence-electron chi connectivity index (χ4n) is 5.95. The molecular weight excluding hydrogens is 616 g/mol. The lowest BCUT2D eigenvalue weighted by Gasteiger charge is -2.18. The SMILES string of the molecule is CCN(CC)CCCNc1nc(NCCCN(CC)CC)nc(NCc2ccc(-c3[nH]c(O)c4c3C(=O)N=C4c3ccc(C)cc3)cc2)n1. The molecule has 2 aromatic heterocycles. The summed E-state index contributed by atoms with van der Waals surface area (Å²) in [7, 11) is 0. The van der Waals surface area contributed by atoms with Crippen LogP contribution < -0.4 is 16.0 Å². The third kappa shape index (κ3) is 9.01. The number of carbonyl (C=O) groups is 1. The van der Waals surface area contributed by atoms with Crippen molar-refractivity contribution in [2.24, 2.45) is 4.99 Å². The first-order chi connectivity index (χ1) is 23.8. The maximum Gasteiger partial charge on any atom is 0.280 e. The number of aromatic hydroxyl groups is 1. The zero-order valence-electron chi connectivity index (χ0n) is 29.4. The van der Waals surface area contributed by atoms with Crippen LogP contribution in [0.25, 0.3) is 11.3 Å². The van der Waals surface area contributed by atoms with Gasteiger partial charge in [0.2, 0.25) is 17.8 Å². The third-order valence-corrected chi connectivity index (χ3v) is 8.96. The number of H-pyrrole nitrogens is 1. The molecule has 260 valence electrons. The van der Waals surface area contributed by atoms with E-state index in [4.69, 9.17) is 0 Å². The molecule has 0 fully saturated rings. The first kappa shape index (κ1) is 35.5. The number of aromatic nitrogens is 4. The van der Waals surface area contributed by atoms with E-state index < -0.39 is 0 Å². The van der Waals surface area contributed by atoms with Gasteiger partial charge in [0.25, 0.3) is 5.91 Å². The lowest BCUT2D eigenvalue weighted by atomic mass is 9.99. The van der Waals surface area contributed by atoms with Crippen LogP contribution in [0.15, 0.2) is 53.5 Å². The number of nitrogens with one attached hydrogen (secondary N) is 4. The molecule has 1 aliphatic rings. The molecule has 4 aromatic rings. The molecule has 0 radical (unpaired) electrons. The molecular formula is C37H50N10O2. The highest BCUT2D eigenvalue weighted by molar-refractivity contribution is 6.30.